The molecule has 0 bridgehead atoms. The number of nitrogens with zero attached hydrogens (tertiary/aromatic N) is 4. The quantitative estimate of drug-likeness (QED) is 0.431. The summed E-state index contributed by atoms with van der Waals surface area (Å²) in [6, 6.07) is 5.24. The van der Waals surface area contributed by atoms with Crippen molar-refractivity contribution in [3.63, 3.8) is 0 Å². The molecule has 0 atom stereocenters. The molecule has 1 amide bonds. The van der Waals surface area contributed by atoms with Gasteiger partial charge in [-0.2, -0.15) is 0 Å². The number of ether oxygens (including phenoxy) is 1. The second-order valence-electron chi connectivity index (χ2n) is 6.87. The van der Waals surface area contributed by atoms with Crippen LogP contribution in [0.1, 0.15) is 40.2 Å². The van der Waals surface area contributed by atoms with Gasteiger partial charge in [0, 0.05) is 17.0 Å². The summed E-state index contributed by atoms with van der Waals surface area (Å²) in [6.07, 6.45) is 0.682. The topological polar surface area (TPSA) is 81.4 Å². The number of amides is 1. The Morgan fingerprint density at radius 2 is 2.12 bits per heavy atom. The molecule has 1 aliphatic carbocycles. The second-order valence-corrected chi connectivity index (χ2v) is 7.85. The average molecular weight is 451 g/mol. The van der Waals surface area contributed by atoms with E-state index in [0.717, 1.165) is 24.2 Å². The summed E-state index contributed by atoms with van der Waals surface area (Å²) in [7, 11) is 1.39. The molecule has 1 aromatic carbocycles. The number of hydrogen-bond donors (Lipinski definition) is 1. The van der Waals surface area contributed by atoms with Gasteiger partial charge < -0.3 is 9.58 Å². The monoisotopic (exact) mass is 451 g/mol. The lowest BCUT2D eigenvalue weighted by Gasteiger charge is -2.14. The van der Waals surface area contributed by atoms with Crippen molar-refractivity contribution in [3.05, 3.63) is 58.0 Å². The number of hydrogen-bond acceptors (Lipinski definition) is 6. The summed E-state index contributed by atoms with van der Waals surface area (Å²) < 4.78 is 31.9. The van der Waals surface area contributed by atoms with E-state index >= 15 is 0 Å². The Balaban J connectivity index is 1.70. The van der Waals surface area contributed by atoms with E-state index in [1.165, 1.54) is 37.6 Å². The number of aromatic nitrogens is 3. The Kier molecular flexibility index (Phi) is 6.06. The predicted octanol–water partition coefficient (Wildman–Crippen LogP) is 5.11. The molecule has 1 aliphatic rings. The lowest BCUT2D eigenvalue weighted by atomic mass is 9.98. The van der Waals surface area contributed by atoms with Crippen molar-refractivity contribution < 1.29 is 18.3 Å². The third-order valence-corrected chi connectivity index (χ3v) is 5.37. The van der Waals surface area contributed by atoms with E-state index < -0.39 is 12.3 Å². The van der Waals surface area contributed by atoms with Crippen LogP contribution in [0.2, 0.25) is 0 Å². The normalized spacial score (nSPS) is 12.6. The molecule has 7 nitrogen and oxygen atoms in total. The van der Waals surface area contributed by atoms with Gasteiger partial charge in [-0.3, -0.25) is 10.1 Å². The molecule has 0 radical (unpaired) electrons. The molecule has 0 aliphatic heterocycles. The fourth-order valence-electron chi connectivity index (χ4n) is 2.86. The maximum Gasteiger partial charge on any atom is 0.270 e. The van der Waals surface area contributed by atoms with Crippen LogP contribution >= 0.6 is 11.3 Å². The molecule has 2 heterocycles. The highest BCUT2D eigenvalue weighted by atomic mass is 32.1. The molecule has 4 rings (SSSR count). The van der Waals surface area contributed by atoms with Crippen LogP contribution in [0.4, 0.5) is 19.7 Å². The van der Waals surface area contributed by atoms with E-state index in [9.17, 15) is 13.6 Å². The molecule has 0 unspecified atom stereocenters. The van der Waals surface area contributed by atoms with Gasteiger partial charge in [-0.05, 0) is 48.6 Å². The molecular formula is C22H15F2N5O2S. The Bertz CT molecular complexity index is 1290. The maximum atomic E-state index is 13.3. The third-order valence-electron chi connectivity index (χ3n) is 4.62. The van der Waals surface area contributed by atoms with Gasteiger partial charge in [-0.15, -0.1) is 15.2 Å². The minimum absolute atomic E-state index is 0.00889. The molecule has 0 saturated heterocycles. The van der Waals surface area contributed by atoms with E-state index in [0.29, 0.717) is 10.9 Å². The number of benzene rings is 1. The van der Waals surface area contributed by atoms with Gasteiger partial charge in [0.15, 0.2) is 5.01 Å². The number of carbonyl (C=O) groups excluding carboxylic acids is 1. The molecule has 2 aromatic heterocycles. The van der Waals surface area contributed by atoms with Crippen molar-refractivity contribution in [1.82, 2.24) is 15.2 Å². The molecule has 1 saturated carbocycles. The van der Waals surface area contributed by atoms with Crippen LogP contribution in [0.25, 0.3) is 16.0 Å². The number of alkyl halides is 2. The van der Waals surface area contributed by atoms with Crippen molar-refractivity contribution in [1.29, 1.82) is 0 Å². The standard InChI is InChI=1S/C22H15F2N5O2S/c1-25-18-10-14(15-9-13(20(23)24)6-7-17(15)31-2)16(11-26-18)21(30)27-22-29-28-19(32-22)8-5-12-3-4-12/h6-7,9-12,20H,3-4H2,2H3,(H,27,29,30). The van der Waals surface area contributed by atoms with Crippen molar-refractivity contribution in [2.75, 3.05) is 12.4 Å². The van der Waals surface area contributed by atoms with Crippen LogP contribution in [0.15, 0.2) is 30.5 Å². The Morgan fingerprint density at radius 3 is 2.81 bits per heavy atom. The number of halogens is 2. The van der Waals surface area contributed by atoms with Crippen molar-refractivity contribution in [3.8, 4) is 28.7 Å². The summed E-state index contributed by atoms with van der Waals surface area (Å²) in [5.74, 6) is 6.12. The van der Waals surface area contributed by atoms with E-state index in [1.54, 1.807) is 0 Å². The molecule has 0 spiro atoms. The summed E-state index contributed by atoms with van der Waals surface area (Å²) in [5.41, 5.74) is 0.316. The minimum atomic E-state index is -2.71. The molecule has 1 N–H and O–H groups in total. The van der Waals surface area contributed by atoms with Gasteiger partial charge in [-0.25, -0.2) is 8.78 Å². The van der Waals surface area contributed by atoms with Crippen LogP contribution in [-0.4, -0.2) is 28.2 Å². The molecule has 3 aromatic rings. The van der Waals surface area contributed by atoms with E-state index in [2.05, 4.69) is 37.2 Å². The lowest BCUT2D eigenvalue weighted by molar-refractivity contribution is 0.102. The van der Waals surface area contributed by atoms with Gasteiger partial charge in [0.05, 0.1) is 12.7 Å². The number of nitrogens with one attached hydrogen (secondary N) is 1. The highest BCUT2D eigenvalue weighted by Gasteiger charge is 2.22. The van der Waals surface area contributed by atoms with Gasteiger partial charge in [0.1, 0.15) is 11.9 Å². The fraction of sp³-hybridized carbons (Fsp3) is 0.227. The molecule has 32 heavy (non-hydrogen) atoms. The van der Waals surface area contributed by atoms with Gasteiger partial charge in [-0.1, -0.05) is 23.8 Å². The molecule has 10 heteroatoms. The largest absolute Gasteiger partial charge is 0.496 e. The van der Waals surface area contributed by atoms with Gasteiger partial charge in [0.25, 0.3) is 18.2 Å². The van der Waals surface area contributed by atoms with Gasteiger partial charge >= 0.3 is 0 Å². The third kappa shape index (κ3) is 4.71. The van der Waals surface area contributed by atoms with Crippen LogP contribution in [0.5, 0.6) is 5.75 Å². The average Bonchev–Trinajstić information content (AvgIpc) is 3.54. The number of methoxy groups -OCH3 is 1. The summed E-state index contributed by atoms with van der Waals surface area (Å²) in [4.78, 5) is 20.2. The maximum absolute atomic E-state index is 13.3. The zero-order valence-electron chi connectivity index (χ0n) is 16.7. The summed E-state index contributed by atoms with van der Waals surface area (Å²) >= 11 is 1.13. The second kappa shape index (κ2) is 9.08. The van der Waals surface area contributed by atoms with Crippen molar-refractivity contribution >= 4 is 28.2 Å². The van der Waals surface area contributed by atoms with E-state index in [1.807, 2.05) is 0 Å². The SMILES string of the molecule is [C-]#[N+]c1cc(-c2cc(C(F)F)ccc2OC)c(C(=O)Nc2nnc(C#CC3CC3)s2)cn1. The Morgan fingerprint density at radius 1 is 1.31 bits per heavy atom. The van der Waals surface area contributed by atoms with Gasteiger partial charge in [0.2, 0.25) is 5.13 Å². The number of anilines is 1. The van der Waals surface area contributed by atoms with Crippen molar-refractivity contribution in [2.24, 2.45) is 5.92 Å². The fourth-order valence-corrected chi connectivity index (χ4v) is 3.46. The summed E-state index contributed by atoms with van der Waals surface area (Å²) in [6.45, 7) is 7.23. The molecule has 1 fully saturated rings. The Hall–Kier alpha value is -3.89. The number of rotatable bonds is 5. The zero-order chi connectivity index (χ0) is 22.7. The minimum Gasteiger partial charge on any atom is -0.496 e. The zero-order valence-corrected chi connectivity index (χ0v) is 17.5. The highest BCUT2D eigenvalue weighted by Crippen LogP contribution is 2.37. The van der Waals surface area contributed by atoms with E-state index in [-0.39, 0.29) is 39.0 Å². The molecule has 160 valence electrons. The smallest absolute Gasteiger partial charge is 0.270 e. The van der Waals surface area contributed by atoms with Crippen LogP contribution in [0, 0.1) is 24.3 Å². The first-order valence-electron chi connectivity index (χ1n) is 9.49. The number of pyridine rings is 1. The Labute approximate surface area is 186 Å². The lowest BCUT2D eigenvalue weighted by Crippen LogP contribution is -2.13. The first kappa shape index (κ1) is 21.3. The van der Waals surface area contributed by atoms with Crippen LogP contribution in [-0.2, 0) is 0 Å². The first-order chi connectivity index (χ1) is 15.5. The molecular weight excluding hydrogens is 436 g/mol. The van der Waals surface area contributed by atoms with E-state index in [4.69, 9.17) is 11.3 Å². The first-order valence-corrected chi connectivity index (χ1v) is 10.3. The summed E-state index contributed by atoms with van der Waals surface area (Å²) in [5, 5.41) is 11.2. The highest BCUT2D eigenvalue weighted by molar-refractivity contribution is 7.15. The number of carbonyl (C=O) groups is 1. The van der Waals surface area contributed by atoms with Crippen LogP contribution < -0.4 is 10.1 Å². The van der Waals surface area contributed by atoms with Crippen molar-refractivity contribution in [2.45, 2.75) is 19.3 Å². The van der Waals surface area contributed by atoms with Crippen LogP contribution in [0.3, 0.4) is 0 Å². The predicted molar refractivity (Wildman–Crippen MR) is 115 cm³/mol.